The molecule has 0 fully saturated rings. The van der Waals surface area contributed by atoms with E-state index in [1.807, 2.05) is 56.3 Å². The number of nitrogens with one attached hydrogen (secondary N) is 3. The van der Waals surface area contributed by atoms with Crippen molar-refractivity contribution in [1.82, 2.24) is 15.1 Å². The highest BCUT2D eigenvalue weighted by Gasteiger charge is 2.21. The number of anilines is 1. The first-order chi connectivity index (χ1) is 11.6. The van der Waals surface area contributed by atoms with Gasteiger partial charge in [0.15, 0.2) is 5.52 Å². The Hall–Kier alpha value is -2.93. The third-order valence-corrected chi connectivity index (χ3v) is 4.68. The SMILES string of the molecule is Cc1cc(NC(=O)c2ccc(C)s2)[n+](-c2nc3ccccc3[nH]2)[nH]1. The molecule has 0 saturated carbocycles. The predicted octanol–water partition coefficient (Wildman–Crippen LogP) is 3.10. The fraction of sp³-hybridized carbons (Fsp3) is 0.118. The van der Waals surface area contributed by atoms with Crippen LogP contribution in [0.15, 0.2) is 42.5 Å². The maximum Gasteiger partial charge on any atom is 0.374 e. The molecule has 120 valence electrons. The van der Waals surface area contributed by atoms with Crippen LogP contribution in [0.5, 0.6) is 0 Å². The van der Waals surface area contributed by atoms with Gasteiger partial charge in [-0.25, -0.2) is 0 Å². The van der Waals surface area contributed by atoms with Gasteiger partial charge in [-0.15, -0.1) is 21.0 Å². The van der Waals surface area contributed by atoms with Gasteiger partial charge < -0.3 is 0 Å². The van der Waals surface area contributed by atoms with Gasteiger partial charge in [0.05, 0.1) is 0 Å². The number of rotatable bonds is 3. The third-order valence-electron chi connectivity index (χ3n) is 3.68. The molecule has 1 amide bonds. The third kappa shape index (κ3) is 2.59. The van der Waals surface area contributed by atoms with Gasteiger partial charge >= 0.3 is 11.9 Å². The van der Waals surface area contributed by atoms with Crippen molar-refractivity contribution in [3.05, 3.63) is 57.9 Å². The molecule has 4 aromatic rings. The normalized spacial score (nSPS) is 11.1. The zero-order valence-electron chi connectivity index (χ0n) is 13.3. The molecule has 0 unspecified atom stereocenters. The Morgan fingerprint density at radius 3 is 2.79 bits per heavy atom. The second kappa shape index (κ2) is 5.61. The number of benzene rings is 1. The van der Waals surface area contributed by atoms with E-state index in [9.17, 15) is 4.79 Å². The Balaban J connectivity index is 1.71. The van der Waals surface area contributed by atoms with Crippen LogP contribution in [0.3, 0.4) is 0 Å². The number of nitrogens with zero attached hydrogens (tertiary/aromatic N) is 2. The molecule has 0 bridgehead atoms. The molecule has 7 heteroatoms. The van der Waals surface area contributed by atoms with E-state index in [0.29, 0.717) is 16.6 Å². The molecule has 4 rings (SSSR count). The van der Waals surface area contributed by atoms with Gasteiger partial charge in [0.1, 0.15) is 10.4 Å². The van der Waals surface area contributed by atoms with Crippen LogP contribution in [-0.2, 0) is 0 Å². The molecule has 6 nitrogen and oxygen atoms in total. The molecule has 0 saturated heterocycles. The van der Waals surface area contributed by atoms with E-state index in [2.05, 4.69) is 20.4 Å². The average Bonchev–Trinajstić information content (AvgIpc) is 3.25. The standard InChI is InChI=1S/C17H15N5OS/c1-10-9-15(20-16(23)14-8-7-11(2)24-14)22(21-10)17-18-12-5-3-4-6-13(12)19-17/h3-9H,1-2H3,(H2,18,19,20,21,23)/p+1. The fourth-order valence-electron chi connectivity index (χ4n) is 2.58. The number of carbonyl (C=O) groups excluding carboxylic acids is 1. The van der Waals surface area contributed by atoms with E-state index in [1.54, 1.807) is 4.68 Å². The average molecular weight is 338 g/mol. The first kappa shape index (κ1) is 14.6. The van der Waals surface area contributed by atoms with E-state index < -0.39 is 0 Å². The molecule has 3 aromatic heterocycles. The number of para-hydroxylation sites is 2. The van der Waals surface area contributed by atoms with Crippen molar-refractivity contribution in [1.29, 1.82) is 0 Å². The molecule has 0 radical (unpaired) electrons. The van der Waals surface area contributed by atoms with Crippen LogP contribution in [0.4, 0.5) is 5.82 Å². The lowest BCUT2D eigenvalue weighted by Gasteiger charge is -1.99. The Kier molecular flexibility index (Phi) is 3.42. The minimum atomic E-state index is -0.128. The molecule has 3 heterocycles. The molecule has 24 heavy (non-hydrogen) atoms. The number of carbonyl (C=O) groups is 1. The lowest BCUT2D eigenvalue weighted by atomic mass is 10.3. The number of hydrogen-bond acceptors (Lipinski definition) is 3. The zero-order valence-corrected chi connectivity index (χ0v) is 14.1. The second-order valence-electron chi connectivity index (χ2n) is 5.60. The molecule has 0 aliphatic carbocycles. The predicted molar refractivity (Wildman–Crippen MR) is 93.7 cm³/mol. The highest BCUT2D eigenvalue weighted by Crippen LogP contribution is 2.17. The van der Waals surface area contributed by atoms with Crippen LogP contribution in [0.25, 0.3) is 17.0 Å². The van der Waals surface area contributed by atoms with Crippen molar-refractivity contribution >= 4 is 34.1 Å². The number of fused-ring (bicyclic) bond motifs is 1. The van der Waals surface area contributed by atoms with Crippen molar-refractivity contribution in [3.8, 4) is 5.95 Å². The van der Waals surface area contributed by atoms with Crippen molar-refractivity contribution in [2.75, 3.05) is 5.32 Å². The van der Waals surface area contributed by atoms with Crippen LogP contribution >= 0.6 is 11.3 Å². The topological polar surface area (TPSA) is 77.5 Å². The molecule has 1 aromatic carbocycles. The van der Waals surface area contributed by atoms with Crippen LogP contribution < -0.4 is 10.00 Å². The Morgan fingerprint density at radius 1 is 1.21 bits per heavy atom. The maximum absolute atomic E-state index is 12.4. The summed E-state index contributed by atoms with van der Waals surface area (Å²) < 4.78 is 1.74. The Labute approximate surface area is 142 Å². The highest BCUT2D eigenvalue weighted by molar-refractivity contribution is 7.14. The summed E-state index contributed by atoms with van der Waals surface area (Å²) in [6.07, 6.45) is 0. The van der Waals surface area contributed by atoms with Gasteiger partial charge in [0.2, 0.25) is 5.82 Å². The van der Waals surface area contributed by atoms with Crippen molar-refractivity contribution in [2.45, 2.75) is 13.8 Å². The summed E-state index contributed by atoms with van der Waals surface area (Å²) in [4.78, 5) is 22.0. The summed E-state index contributed by atoms with van der Waals surface area (Å²) in [6, 6.07) is 13.5. The maximum atomic E-state index is 12.4. The second-order valence-corrected chi connectivity index (χ2v) is 6.89. The summed E-state index contributed by atoms with van der Waals surface area (Å²) in [5.74, 6) is 1.14. The molecular weight excluding hydrogens is 322 g/mol. The molecule has 3 N–H and O–H groups in total. The summed E-state index contributed by atoms with van der Waals surface area (Å²) in [5.41, 5.74) is 2.74. The Bertz CT molecular complexity index is 1010. The molecule has 0 atom stereocenters. The van der Waals surface area contributed by atoms with Crippen LogP contribution in [-0.4, -0.2) is 21.0 Å². The van der Waals surface area contributed by atoms with Crippen molar-refractivity contribution in [2.24, 2.45) is 0 Å². The lowest BCUT2D eigenvalue weighted by molar-refractivity contribution is -0.648. The molecule has 0 aliphatic rings. The Morgan fingerprint density at radius 2 is 2.04 bits per heavy atom. The first-order valence-corrected chi connectivity index (χ1v) is 8.36. The molecule has 0 aliphatic heterocycles. The van der Waals surface area contributed by atoms with Crippen molar-refractivity contribution in [3.63, 3.8) is 0 Å². The van der Waals surface area contributed by atoms with Gasteiger partial charge in [-0.1, -0.05) is 12.1 Å². The summed E-state index contributed by atoms with van der Waals surface area (Å²) in [6.45, 7) is 3.92. The number of thiophene rings is 1. The van der Waals surface area contributed by atoms with E-state index in [0.717, 1.165) is 21.6 Å². The summed E-state index contributed by atoms with van der Waals surface area (Å²) >= 11 is 1.47. The van der Waals surface area contributed by atoms with Crippen LogP contribution in [0, 0.1) is 13.8 Å². The van der Waals surface area contributed by atoms with E-state index in [1.165, 1.54) is 11.3 Å². The van der Waals surface area contributed by atoms with Gasteiger partial charge in [-0.2, -0.15) is 0 Å². The number of amides is 1. The van der Waals surface area contributed by atoms with Crippen molar-refractivity contribution < 1.29 is 9.48 Å². The minimum Gasteiger partial charge on any atom is -0.258 e. The quantitative estimate of drug-likeness (QED) is 0.502. The fourth-order valence-corrected chi connectivity index (χ4v) is 3.34. The lowest BCUT2D eigenvalue weighted by Crippen LogP contribution is -2.38. The highest BCUT2D eigenvalue weighted by atomic mass is 32.1. The van der Waals surface area contributed by atoms with Gasteiger partial charge in [0.25, 0.3) is 0 Å². The smallest absolute Gasteiger partial charge is 0.258 e. The van der Waals surface area contributed by atoms with E-state index in [4.69, 9.17) is 0 Å². The number of hydrogen-bond donors (Lipinski definition) is 3. The summed E-state index contributed by atoms with van der Waals surface area (Å²) in [5, 5.41) is 6.14. The number of H-pyrrole nitrogens is 2. The first-order valence-electron chi connectivity index (χ1n) is 7.55. The molecule has 0 spiro atoms. The van der Waals surface area contributed by atoms with Crippen LogP contribution in [0.1, 0.15) is 20.2 Å². The number of imidazole rings is 1. The largest absolute Gasteiger partial charge is 0.374 e. The monoisotopic (exact) mass is 338 g/mol. The van der Waals surface area contributed by atoms with Gasteiger partial charge in [-0.05, 0) is 38.1 Å². The molecular formula is C17H16N5OS+. The van der Waals surface area contributed by atoms with E-state index in [-0.39, 0.29) is 5.91 Å². The van der Waals surface area contributed by atoms with E-state index >= 15 is 0 Å². The number of aromatic amines is 2. The minimum absolute atomic E-state index is 0.128. The number of aryl methyl sites for hydroxylation is 2. The van der Waals surface area contributed by atoms with Gasteiger partial charge in [-0.3, -0.25) is 20.2 Å². The number of aromatic nitrogens is 4. The van der Waals surface area contributed by atoms with Crippen LogP contribution in [0.2, 0.25) is 0 Å². The zero-order chi connectivity index (χ0) is 16.7. The summed E-state index contributed by atoms with van der Waals surface area (Å²) in [7, 11) is 0. The van der Waals surface area contributed by atoms with Gasteiger partial charge in [0, 0.05) is 16.6 Å².